The van der Waals surface area contributed by atoms with Gasteiger partial charge in [-0.15, -0.1) is 0 Å². The maximum atomic E-state index is 8.25. The minimum Gasteiger partial charge on any atom is -0.513 e. The highest BCUT2D eigenvalue weighted by molar-refractivity contribution is 5.17. The highest BCUT2D eigenvalue weighted by atomic mass is 16.2. The molecule has 0 atom stereocenters. The molecule has 0 aromatic rings. The number of nitrogens with one attached hydrogen (secondary N) is 2. The Labute approximate surface area is 41.3 Å². The van der Waals surface area contributed by atoms with E-state index in [1.165, 1.54) is 0 Å². The molecule has 3 heteroatoms. The molecule has 0 spiro atoms. The van der Waals surface area contributed by atoms with Gasteiger partial charge in [0, 0.05) is 6.20 Å². The van der Waals surface area contributed by atoms with Crippen LogP contribution in [0.1, 0.15) is 0 Å². The van der Waals surface area contributed by atoms with E-state index in [9.17, 15) is 0 Å². The molecular weight excluding hydrogens is 92.1 g/mol. The third kappa shape index (κ3) is 0.652. The fraction of sp³-hybridized carbons (Fsp3) is 0. The number of aliphatic hydroxyl groups is 1. The lowest BCUT2D eigenvalue weighted by Crippen LogP contribution is -2.18. The van der Waals surface area contributed by atoms with Crippen molar-refractivity contribution in [3.8, 4) is 0 Å². The van der Waals surface area contributed by atoms with E-state index in [2.05, 4.69) is 10.9 Å². The van der Waals surface area contributed by atoms with E-state index in [4.69, 9.17) is 5.11 Å². The first kappa shape index (κ1) is 4.05. The van der Waals surface area contributed by atoms with Crippen molar-refractivity contribution in [2.24, 2.45) is 0 Å². The first-order chi connectivity index (χ1) is 3.43. The van der Waals surface area contributed by atoms with E-state index in [1.807, 2.05) is 0 Å². The molecular formula is C4H6N2O. The molecule has 7 heavy (non-hydrogen) atoms. The summed E-state index contributed by atoms with van der Waals surface area (Å²) in [5.41, 5.74) is 6.00. The fourth-order valence-corrected chi connectivity index (χ4v) is 0.373. The van der Waals surface area contributed by atoms with E-state index in [0.29, 0.717) is 5.70 Å². The lowest BCUT2D eigenvalue weighted by Gasteiger charge is -1.92. The summed E-state index contributed by atoms with van der Waals surface area (Å²) in [7, 11) is 0. The van der Waals surface area contributed by atoms with Crippen molar-refractivity contribution < 1.29 is 5.11 Å². The van der Waals surface area contributed by atoms with Gasteiger partial charge in [-0.05, 0) is 6.08 Å². The van der Waals surface area contributed by atoms with Gasteiger partial charge in [0.25, 0.3) is 0 Å². The zero-order valence-electron chi connectivity index (χ0n) is 3.68. The predicted octanol–water partition coefficient (Wildman–Crippen LogP) is 0.00730. The zero-order valence-corrected chi connectivity index (χ0v) is 3.68. The van der Waals surface area contributed by atoms with Crippen LogP contribution in [0, 0.1) is 0 Å². The van der Waals surface area contributed by atoms with Crippen LogP contribution in [0.2, 0.25) is 0 Å². The quantitative estimate of drug-likeness (QED) is 0.374. The second kappa shape index (κ2) is 1.55. The summed E-state index contributed by atoms with van der Waals surface area (Å²) >= 11 is 0. The Kier molecular flexibility index (Phi) is 0.898. The van der Waals surface area contributed by atoms with Gasteiger partial charge in [-0.2, -0.15) is 0 Å². The van der Waals surface area contributed by atoms with Crippen molar-refractivity contribution in [2.45, 2.75) is 0 Å². The highest BCUT2D eigenvalue weighted by Crippen LogP contribution is 1.90. The molecule has 1 heterocycles. The lowest BCUT2D eigenvalue weighted by molar-refractivity contribution is 0.463. The number of aliphatic hydroxyl groups excluding tert-OH is 1. The van der Waals surface area contributed by atoms with Crippen molar-refractivity contribution in [3.05, 3.63) is 24.2 Å². The smallest absolute Gasteiger partial charge is 0.104 e. The third-order valence-electron chi connectivity index (χ3n) is 0.702. The van der Waals surface area contributed by atoms with Crippen molar-refractivity contribution >= 4 is 0 Å². The number of hydrogen-bond acceptors (Lipinski definition) is 3. The molecule has 3 nitrogen and oxygen atoms in total. The Hall–Kier alpha value is -1.12. The van der Waals surface area contributed by atoms with Crippen molar-refractivity contribution in [1.29, 1.82) is 0 Å². The van der Waals surface area contributed by atoms with Gasteiger partial charge in [0.15, 0.2) is 0 Å². The van der Waals surface area contributed by atoms with Gasteiger partial charge in [-0.3, -0.25) is 5.43 Å². The summed E-state index contributed by atoms with van der Waals surface area (Å²) in [6.07, 6.45) is 4.42. The molecule has 0 bridgehead atoms. The molecule has 0 amide bonds. The average molecular weight is 98.1 g/mol. The Balaban J connectivity index is 2.59. The molecule has 38 valence electrons. The maximum Gasteiger partial charge on any atom is 0.104 e. The average Bonchev–Trinajstić information content (AvgIpc) is 2.14. The summed E-state index contributed by atoms with van der Waals surface area (Å²) in [5, 5.41) is 8.25. The Morgan fingerprint density at radius 1 is 1.71 bits per heavy atom. The van der Waals surface area contributed by atoms with E-state index < -0.39 is 0 Å². The monoisotopic (exact) mass is 98.0 g/mol. The topological polar surface area (TPSA) is 44.3 Å². The van der Waals surface area contributed by atoms with Crippen LogP contribution < -0.4 is 10.9 Å². The van der Waals surface area contributed by atoms with E-state index in [0.717, 1.165) is 6.26 Å². The van der Waals surface area contributed by atoms with Gasteiger partial charge in [0.2, 0.25) is 0 Å². The molecule has 0 aliphatic carbocycles. The van der Waals surface area contributed by atoms with Crippen LogP contribution in [0.3, 0.4) is 0 Å². The van der Waals surface area contributed by atoms with Gasteiger partial charge in [0.05, 0.1) is 5.70 Å². The molecule has 1 rings (SSSR count). The summed E-state index contributed by atoms with van der Waals surface area (Å²) in [4.78, 5) is 0. The minimum atomic E-state index is 0.681. The number of allylic oxidation sites excluding steroid dienone is 1. The van der Waals surface area contributed by atoms with Crippen LogP contribution in [0.15, 0.2) is 24.2 Å². The fourth-order valence-electron chi connectivity index (χ4n) is 0.373. The number of hydrogen-bond donors (Lipinski definition) is 3. The Bertz CT molecular complexity index is 114. The van der Waals surface area contributed by atoms with E-state index in [1.54, 1.807) is 12.3 Å². The van der Waals surface area contributed by atoms with Gasteiger partial charge >= 0.3 is 0 Å². The highest BCUT2D eigenvalue weighted by Gasteiger charge is 1.91. The van der Waals surface area contributed by atoms with E-state index >= 15 is 0 Å². The largest absolute Gasteiger partial charge is 0.513 e. The molecule has 0 saturated carbocycles. The van der Waals surface area contributed by atoms with Gasteiger partial charge in [0.1, 0.15) is 6.26 Å². The Morgan fingerprint density at radius 2 is 2.57 bits per heavy atom. The predicted molar refractivity (Wildman–Crippen MR) is 26.1 cm³/mol. The molecule has 0 saturated heterocycles. The second-order valence-corrected chi connectivity index (χ2v) is 1.19. The van der Waals surface area contributed by atoms with Crippen LogP contribution >= 0.6 is 0 Å². The molecule has 1 aliphatic heterocycles. The molecule has 1 aliphatic rings. The molecule has 0 unspecified atom stereocenters. The first-order valence-corrected chi connectivity index (χ1v) is 1.96. The number of rotatable bonds is 0. The third-order valence-corrected chi connectivity index (χ3v) is 0.702. The summed E-state index contributed by atoms with van der Waals surface area (Å²) in [5.74, 6) is 0. The van der Waals surface area contributed by atoms with Crippen LogP contribution in [-0.4, -0.2) is 5.11 Å². The number of hydrazine groups is 1. The Morgan fingerprint density at radius 3 is 2.86 bits per heavy atom. The molecule has 0 fully saturated rings. The standard InChI is InChI=1S/C4H6N2O/c7-3-4-1-2-5-6-4/h1-3,5-7H. The van der Waals surface area contributed by atoms with Crippen molar-refractivity contribution in [2.75, 3.05) is 0 Å². The second-order valence-electron chi connectivity index (χ2n) is 1.19. The van der Waals surface area contributed by atoms with E-state index in [-0.39, 0.29) is 0 Å². The van der Waals surface area contributed by atoms with Gasteiger partial charge in [-0.25, -0.2) is 0 Å². The van der Waals surface area contributed by atoms with Crippen molar-refractivity contribution in [3.63, 3.8) is 0 Å². The zero-order chi connectivity index (χ0) is 5.11. The molecule has 0 aromatic heterocycles. The summed E-state index contributed by atoms with van der Waals surface area (Å²) < 4.78 is 0. The van der Waals surface area contributed by atoms with Crippen molar-refractivity contribution in [1.82, 2.24) is 10.9 Å². The normalized spacial score (nSPS) is 22.0. The lowest BCUT2D eigenvalue weighted by atomic mass is 10.5. The molecule has 0 radical (unpaired) electrons. The van der Waals surface area contributed by atoms with Crippen LogP contribution in [-0.2, 0) is 0 Å². The molecule has 3 N–H and O–H groups in total. The first-order valence-electron chi connectivity index (χ1n) is 1.96. The summed E-state index contributed by atoms with van der Waals surface area (Å²) in [6.45, 7) is 0. The molecule has 0 aromatic carbocycles. The van der Waals surface area contributed by atoms with Crippen LogP contribution in [0.25, 0.3) is 0 Å². The maximum absolute atomic E-state index is 8.25. The SMILES string of the molecule is OC=C1C=CNN1. The van der Waals surface area contributed by atoms with Gasteiger partial charge in [-0.1, -0.05) is 0 Å². The van der Waals surface area contributed by atoms with Crippen LogP contribution in [0.4, 0.5) is 0 Å². The van der Waals surface area contributed by atoms with Gasteiger partial charge < -0.3 is 10.5 Å². The van der Waals surface area contributed by atoms with Crippen LogP contribution in [0.5, 0.6) is 0 Å². The summed E-state index contributed by atoms with van der Waals surface area (Å²) in [6, 6.07) is 0. The minimum absolute atomic E-state index is 0.681.